The molecule has 0 saturated heterocycles. The van der Waals surface area contributed by atoms with Gasteiger partial charge in [0.15, 0.2) is 0 Å². The number of rotatable bonds is 2. The van der Waals surface area contributed by atoms with Gasteiger partial charge in [-0.3, -0.25) is 9.20 Å². The van der Waals surface area contributed by atoms with Gasteiger partial charge in [-0.15, -0.1) is 0 Å². The second kappa shape index (κ2) is 8.40. The molecule has 1 amide bonds. The molecule has 3 heterocycles. The summed E-state index contributed by atoms with van der Waals surface area (Å²) in [7, 11) is 1.55. The third-order valence-electron chi connectivity index (χ3n) is 6.45. The first-order valence-electron chi connectivity index (χ1n) is 10.9. The Morgan fingerprint density at radius 2 is 1.97 bits per heavy atom. The number of nitrogens with zero attached hydrogens (tertiary/aromatic N) is 4. The summed E-state index contributed by atoms with van der Waals surface area (Å²) in [6.45, 7) is 1.85. The van der Waals surface area contributed by atoms with E-state index in [0.717, 1.165) is 18.2 Å². The number of fused-ring (bicyclic) bond motifs is 4. The van der Waals surface area contributed by atoms with E-state index < -0.39 is 29.5 Å². The number of imidazole rings is 1. The molecule has 2 N–H and O–H groups in total. The Labute approximate surface area is 202 Å². The maximum atomic E-state index is 15.1. The van der Waals surface area contributed by atoms with E-state index in [1.165, 1.54) is 41.3 Å². The van der Waals surface area contributed by atoms with Crippen LogP contribution in [0.15, 0.2) is 42.9 Å². The average molecular weight is 504 g/mol. The fourth-order valence-corrected chi connectivity index (χ4v) is 5.70. The lowest BCUT2D eigenvalue weighted by Crippen LogP contribution is -2.32. The van der Waals surface area contributed by atoms with Crippen molar-refractivity contribution in [2.75, 3.05) is 18.5 Å². The summed E-state index contributed by atoms with van der Waals surface area (Å²) >= 11 is 1.53. The number of alkyl halides is 3. The minimum Gasteiger partial charge on any atom is -0.382 e. The molecular formula is C24H21F4N5OS. The lowest BCUT2D eigenvalue weighted by Gasteiger charge is -2.29. The van der Waals surface area contributed by atoms with E-state index in [4.69, 9.17) is 5.73 Å². The molecule has 6 nitrogen and oxygen atoms in total. The molecule has 0 fully saturated rings. The van der Waals surface area contributed by atoms with Gasteiger partial charge in [0.2, 0.25) is 0 Å². The van der Waals surface area contributed by atoms with Crippen molar-refractivity contribution in [1.82, 2.24) is 19.3 Å². The predicted molar refractivity (Wildman–Crippen MR) is 127 cm³/mol. The number of halogens is 4. The van der Waals surface area contributed by atoms with Crippen LogP contribution >= 0.6 is 11.8 Å². The van der Waals surface area contributed by atoms with E-state index in [2.05, 4.69) is 9.97 Å². The van der Waals surface area contributed by atoms with Gasteiger partial charge in [0.25, 0.3) is 5.91 Å². The molecule has 0 spiro atoms. The van der Waals surface area contributed by atoms with Crippen molar-refractivity contribution in [3.8, 4) is 0 Å². The van der Waals surface area contributed by atoms with Gasteiger partial charge in [-0.05, 0) is 48.4 Å². The highest BCUT2D eigenvalue weighted by molar-refractivity contribution is 7.99. The first-order chi connectivity index (χ1) is 16.6. The van der Waals surface area contributed by atoms with Crippen LogP contribution in [0.3, 0.4) is 0 Å². The largest absolute Gasteiger partial charge is 0.416 e. The lowest BCUT2D eigenvalue weighted by molar-refractivity contribution is -0.137. The second-order valence-corrected chi connectivity index (χ2v) is 9.99. The summed E-state index contributed by atoms with van der Waals surface area (Å²) in [6.07, 6.45) is -0.916. The SMILES string of the molecule is CC1SCC[C@@H](N(C)C(=O)c2cc3c(cc2F)nc(N)c2cncn23)c2ccc(C(F)(F)F)cc21. The molecule has 2 aromatic heterocycles. The van der Waals surface area contributed by atoms with E-state index in [1.54, 1.807) is 11.4 Å². The quantitative estimate of drug-likeness (QED) is 0.359. The van der Waals surface area contributed by atoms with Crippen LogP contribution in [0, 0.1) is 5.82 Å². The molecule has 1 unspecified atom stereocenters. The van der Waals surface area contributed by atoms with Crippen LogP contribution in [0.4, 0.5) is 23.4 Å². The maximum absolute atomic E-state index is 15.1. The molecule has 2 atom stereocenters. The number of nitrogen functional groups attached to an aromatic ring is 1. The number of aromatic nitrogens is 3. The van der Waals surface area contributed by atoms with Crippen LogP contribution in [-0.4, -0.2) is 38.0 Å². The Morgan fingerprint density at radius 1 is 1.20 bits per heavy atom. The van der Waals surface area contributed by atoms with Gasteiger partial charge in [0.1, 0.15) is 17.2 Å². The van der Waals surface area contributed by atoms with E-state index in [1.807, 2.05) is 6.92 Å². The third kappa shape index (κ3) is 3.97. The topological polar surface area (TPSA) is 76.5 Å². The standard InChI is InChI=1S/C24H21F4N5OS/c1-12-15-7-13(24(26,27)28)3-4-14(15)19(5-6-35-12)32(2)23(34)16-8-20-18(9-17(16)25)31-22(29)21-10-30-11-33(20)21/h3-4,7-12,19H,5-6H2,1-2H3,(H2,29,31)/t12?,19-/m1/s1. The summed E-state index contributed by atoms with van der Waals surface area (Å²) < 4.78 is 56.8. The highest BCUT2D eigenvalue weighted by Crippen LogP contribution is 2.43. The minimum atomic E-state index is -4.47. The van der Waals surface area contributed by atoms with E-state index in [9.17, 15) is 18.0 Å². The summed E-state index contributed by atoms with van der Waals surface area (Å²) in [5.74, 6) is -0.515. The molecule has 0 radical (unpaired) electrons. The number of amides is 1. The van der Waals surface area contributed by atoms with Gasteiger partial charge in [-0.2, -0.15) is 24.9 Å². The number of carbonyl (C=O) groups is 1. The van der Waals surface area contributed by atoms with Crippen LogP contribution in [0.25, 0.3) is 16.6 Å². The number of anilines is 1. The Bertz CT molecular complexity index is 1470. The van der Waals surface area contributed by atoms with Crippen LogP contribution < -0.4 is 5.73 Å². The van der Waals surface area contributed by atoms with E-state index in [0.29, 0.717) is 34.3 Å². The Hall–Kier alpha value is -3.34. The summed E-state index contributed by atoms with van der Waals surface area (Å²) in [5.41, 5.74) is 7.47. The molecule has 0 bridgehead atoms. The maximum Gasteiger partial charge on any atom is 0.416 e. The molecule has 182 valence electrons. The molecule has 0 saturated carbocycles. The molecule has 2 aromatic carbocycles. The third-order valence-corrected chi connectivity index (χ3v) is 7.68. The first kappa shape index (κ1) is 23.4. The molecule has 5 rings (SSSR count). The van der Waals surface area contributed by atoms with Crippen molar-refractivity contribution < 1.29 is 22.4 Å². The number of carbonyl (C=O) groups excluding carboxylic acids is 1. The molecule has 0 aliphatic carbocycles. The Balaban J connectivity index is 1.57. The fraction of sp³-hybridized carbons (Fsp3) is 0.292. The van der Waals surface area contributed by atoms with Crippen LogP contribution in [0.5, 0.6) is 0 Å². The summed E-state index contributed by atoms with van der Waals surface area (Å²) in [4.78, 5) is 23.2. The van der Waals surface area contributed by atoms with Gasteiger partial charge in [0, 0.05) is 18.4 Å². The zero-order valence-corrected chi connectivity index (χ0v) is 19.6. The fourth-order valence-electron chi connectivity index (χ4n) is 4.60. The molecule has 4 aromatic rings. The number of thioether (sulfide) groups is 1. The van der Waals surface area contributed by atoms with E-state index in [-0.39, 0.29) is 22.1 Å². The molecule has 11 heteroatoms. The molecule has 1 aliphatic rings. The van der Waals surface area contributed by atoms with Crippen LogP contribution in [-0.2, 0) is 6.18 Å². The number of hydrogen-bond acceptors (Lipinski definition) is 5. The monoisotopic (exact) mass is 503 g/mol. The highest BCUT2D eigenvalue weighted by atomic mass is 32.2. The average Bonchev–Trinajstić information content (AvgIpc) is 3.24. The normalized spacial score (nSPS) is 18.5. The predicted octanol–water partition coefficient (Wildman–Crippen LogP) is 5.63. The van der Waals surface area contributed by atoms with Crippen molar-refractivity contribution in [3.63, 3.8) is 0 Å². The lowest BCUT2D eigenvalue weighted by atomic mass is 9.93. The first-order valence-corrected chi connectivity index (χ1v) is 11.9. The van der Waals surface area contributed by atoms with Gasteiger partial charge >= 0.3 is 6.18 Å². The second-order valence-electron chi connectivity index (χ2n) is 8.54. The summed E-state index contributed by atoms with van der Waals surface area (Å²) in [6, 6.07) is 5.69. The zero-order valence-electron chi connectivity index (χ0n) is 18.8. The van der Waals surface area contributed by atoms with Crippen molar-refractivity contribution in [3.05, 3.63) is 70.9 Å². The molecular weight excluding hydrogens is 482 g/mol. The van der Waals surface area contributed by atoms with Gasteiger partial charge in [-0.1, -0.05) is 6.07 Å². The Kier molecular flexibility index (Phi) is 5.62. The van der Waals surface area contributed by atoms with Crippen molar-refractivity contribution in [2.24, 2.45) is 0 Å². The van der Waals surface area contributed by atoms with Crippen molar-refractivity contribution >= 4 is 40.0 Å². The smallest absolute Gasteiger partial charge is 0.382 e. The van der Waals surface area contributed by atoms with Gasteiger partial charge in [-0.25, -0.2) is 14.4 Å². The van der Waals surface area contributed by atoms with Crippen LogP contribution in [0.2, 0.25) is 0 Å². The number of hydrogen-bond donors (Lipinski definition) is 1. The number of benzene rings is 2. The Morgan fingerprint density at radius 3 is 2.71 bits per heavy atom. The van der Waals surface area contributed by atoms with Crippen molar-refractivity contribution in [1.29, 1.82) is 0 Å². The van der Waals surface area contributed by atoms with Crippen molar-refractivity contribution in [2.45, 2.75) is 30.8 Å². The summed E-state index contributed by atoms with van der Waals surface area (Å²) in [5, 5.41) is -0.177. The van der Waals surface area contributed by atoms with Gasteiger partial charge < -0.3 is 10.6 Å². The minimum absolute atomic E-state index is 0.167. The number of nitrogens with two attached hydrogens (primary N) is 1. The molecule has 1 aliphatic heterocycles. The zero-order chi connectivity index (χ0) is 25.1. The van der Waals surface area contributed by atoms with Gasteiger partial charge in [0.05, 0.1) is 40.7 Å². The highest BCUT2D eigenvalue weighted by Gasteiger charge is 2.35. The van der Waals surface area contributed by atoms with Crippen LogP contribution in [0.1, 0.15) is 51.7 Å². The molecule has 35 heavy (non-hydrogen) atoms. The van der Waals surface area contributed by atoms with E-state index >= 15 is 4.39 Å².